The number of para-hydroxylation sites is 2. The Kier molecular flexibility index (Phi) is 6.21. The van der Waals surface area contributed by atoms with Crippen LogP contribution in [0.15, 0.2) is 35.3 Å². The van der Waals surface area contributed by atoms with Crippen LogP contribution in [0.4, 0.5) is 10.7 Å². The second kappa shape index (κ2) is 8.60. The lowest BCUT2D eigenvalue weighted by Gasteiger charge is -2.21. The highest BCUT2D eigenvalue weighted by Gasteiger charge is 2.24. The minimum absolute atomic E-state index is 0.0406. The number of hydrogen-bond acceptors (Lipinski definition) is 6. The van der Waals surface area contributed by atoms with Gasteiger partial charge in [0.1, 0.15) is 22.0 Å². The number of nitrogens with one attached hydrogen (secondary N) is 2. The van der Waals surface area contributed by atoms with Gasteiger partial charge < -0.3 is 15.4 Å². The van der Waals surface area contributed by atoms with Gasteiger partial charge in [0, 0.05) is 16.9 Å². The minimum Gasteiger partial charge on any atom is -0.495 e. The van der Waals surface area contributed by atoms with E-state index in [0.29, 0.717) is 17.2 Å². The molecule has 2 N–H and O–H groups in total. The number of amides is 1. The number of amidine groups is 1. The van der Waals surface area contributed by atoms with Crippen LogP contribution in [-0.2, 0) is 11.2 Å². The van der Waals surface area contributed by atoms with Gasteiger partial charge in [0.15, 0.2) is 0 Å². The summed E-state index contributed by atoms with van der Waals surface area (Å²) in [5, 5.41) is 7.45. The first-order chi connectivity index (χ1) is 12.6. The molecule has 2 aromatic rings. The monoisotopic (exact) mass is 389 g/mol. The van der Waals surface area contributed by atoms with Crippen LogP contribution in [-0.4, -0.2) is 24.6 Å². The molecule has 5 nitrogen and oxygen atoms in total. The maximum atomic E-state index is 12.4. The fourth-order valence-electron chi connectivity index (χ4n) is 2.68. The molecule has 0 fully saturated rings. The van der Waals surface area contributed by atoms with Crippen molar-refractivity contribution in [1.29, 1.82) is 0 Å². The van der Waals surface area contributed by atoms with E-state index in [1.807, 2.05) is 24.3 Å². The molecule has 3 rings (SSSR count). The quantitative estimate of drug-likeness (QED) is 0.705. The molecule has 1 aromatic heterocycles. The van der Waals surface area contributed by atoms with Gasteiger partial charge in [0.25, 0.3) is 0 Å². The lowest BCUT2D eigenvalue weighted by molar-refractivity contribution is -0.113. The zero-order valence-corrected chi connectivity index (χ0v) is 16.8. The molecule has 1 aromatic carbocycles. The molecule has 1 aliphatic rings. The number of carbonyl (C=O) groups is 1. The zero-order chi connectivity index (χ0) is 18.5. The van der Waals surface area contributed by atoms with Gasteiger partial charge in [-0.25, -0.2) is 0 Å². The van der Waals surface area contributed by atoms with Crippen LogP contribution >= 0.6 is 23.1 Å². The number of nitrogens with zero attached hydrogens (tertiary/aromatic N) is 1. The van der Waals surface area contributed by atoms with Crippen LogP contribution in [0.2, 0.25) is 0 Å². The van der Waals surface area contributed by atoms with Crippen LogP contribution in [0.1, 0.15) is 36.1 Å². The van der Waals surface area contributed by atoms with Gasteiger partial charge in [-0.05, 0) is 24.6 Å². The Balaban J connectivity index is 1.68. The third kappa shape index (κ3) is 4.22. The number of aliphatic imine (C=N–C) groups is 1. The highest BCUT2D eigenvalue weighted by molar-refractivity contribution is 8.00. The first-order valence-corrected chi connectivity index (χ1v) is 10.5. The maximum Gasteiger partial charge on any atom is 0.234 e. The van der Waals surface area contributed by atoms with Gasteiger partial charge in [0.2, 0.25) is 5.91 Å². The van der Waals surface area contributed by atoms with Crippen molar-refractivity contribution in [3.63, 3.8) is 0 Å². The Morgan fingerprint density at radius 3 is 2.88 bits per heavy atom. The smallest absolute Gasteiger partial charge is 0.234 e. The van der Waals surface area contributed by atoms with E-state index in [-0.39, 0.29) is 11.3 Å². The van der Waals surface area contributed by atoms with Gasteiger partial charge in [0.05, 0.1) is 18.6 Å². The van der Waals surface area contributed by atoms with Gasteiger partial charge in [-0.15, -0.1) is 23.1 Å². The van der Waals surface area contributed by atoms with E-state index in [0.717, 1.165) is 23.7 Å². The molecule has 0 saturated heterocycles. The molecule has 2 heterocycles. The predicted molar refractivity (Wildman–Crippen MR) is 112 cm³/mol. The fourth-order valence-corrected chi connectivity index (χ4v) is 4.76. The largest absolute Gasteiger partial charge is 0.495 e. The topological polar surface area (TPSA) is 62.7 Å². The van der Waals surface area contributed by atoms with Gasteiger partial charge in [-0.3, -0.25) is 9.79 Å². The number of fused-ring (bicyclic) bond motifs is 1. The number of hydrogen-bond donors (Lipinski definition) is 2. The predicted octanol–water partition coefficient (Wildman–Crippen LogP) is 4.92. The first-order valence-electron chi connectivity index (χ1n) is 8.65. The minimum atomic E-state index is -0.0567. The first kappa shape index (κ1) is 18.8. The molecular weight excluding hydrogens is 366 g/mol. The van der Waals surface area contributed by atoms with Crippen molar-refractivity contribution in [1.82, 2.24) is 0 Å². The molecular formula is C19H23N3O2S2. The van der Waals surface area contributed by atoms with E-state index in [4.69, 9.17) is 9.73 Å². The Bertz CT molecular complexity index is 817. The maximum absolute atomic E-state index is 12.4. The molecule has 0 bridgehead atoms. The van der Waals surface area contributed by atoms with E-state index >= 15 is 0 Å². The van der Waals surface area contributed by atoms with Crippen molar-refractivity contribution in [2.75, 3.05) is 23.5 Å². The highest BCUT2D eigenvalue weighted by atomic mass is 32.2. The number of carbonyl (C=O) groups excluding carboxylic acids is 1. The highest BCUT2D eigenvalue weighted by Crippen LogP contribution is 2.43. The Morgan fingerprint density at radius 2 is 2.15 bits per heavy atom. The summed E-state index contributed by atoms with van der Waals surface area (Å²) in [7, 11) is 1.60. The van der Waals surface area contributed by atoms with Gasteiger partial charge >= 0.3 is 0 Å². The van der Waals surface area contributed by atoms with Crippen molar-refractivity contribution in [2.24, 2.45) is 4.99 Å². The second-order valence-electron chi connectivity index (χ2n) is 5.82. The summed E-state index contributed by atoms with van der Waals surface area (Å²) in [6, 6.07) is 9.63. The molecule has 0 spiro atoms. The molecule has 1 atom stereocenters. The number of methoxy groups -OCH3 is 1. The van der Waals surface area contributed by atoms with Crippen LogP contribution in [0, 0.1) is 0 Å². The normalized spacial score (nSPS) is 15.7. The lowest BCUT2D eigenvalue weighted by atomic mass is 10.2. The van der Waals surface area contributed by atoms with Crippen molar-refractivity contribution in [2.45, 2.75) is 32.1 Å². The summed E-state index contributed by atoms with van der Waals surface area (Å²) >= 11 is 3.33. The summed E-state index contributed by atoms with van der Waals surface area (Å²) in [4.78, 5) is 18.5. The number of anilines is 2. The molecule has 138 valence electrons. The summed E-state index contributed by atoms with van der Waals surface area (Å²) in [5.74, 6) is 1.91. The zero-order valence-electron chi connectivity index (χ0n) is 15.2. The van der Waals surface area contributed by atoms with Crippen LogP contribution in [0.25, 0.3) is 0 Å². The molecule has 0 saturated carbocycles. The SMILES string of the molecule is CCC1=NC(SCC(=O)Nc2ccccc2OC)c2cc(CC)sc2N1. The molecule has 1 unspecified atom stereocenters. The van der Waals surface area contributed by atoms with Crippen molar-refractivity contribution in [3.05, 3.63) is 40.8 Å². The van der Waals surface area contributed by atoms with E-state index in [1.54, 1.807) is 30.2 Å². The van der Waals surface area contributed by atoms with Crippen molar-refractivity contribution >= 4 is 45.5 Å². The average Bonchev–Trinajstić information content (AvgIpc) is 3.09. The van der Waals surface area contributed by atoms with E-state index in [1.165, 1.54) is 10.4 Å². The summed E-state index contributed by atoms with van der Waals surface area (Å²) in [6.07, 6.45) is 1.86. The Morgan fingerprint density at radius 1 is 1.35 bits per heavy atom. The van der Waals surface area contributed by atoms with E-state index in [2.05, 4.69) is 30.5 Å². The van der Waals surface area contributed by atoms with Crippen LogP contribution < -0.4 is 15.4 Å². The number of thiophene rings is 1. The van der Waals surface area contributed by atoms with Gasteiger partial charge in [-0.2, -0.15) is 0 Å². The third-order valence-electron chi connectivity index (χ3n) is 4.05. The third-order valence-corrected chi connectivity index (χ3v) is 6.36. The number of thioether (sulfide) groups is 1. The second-order valence-corrected chi connectivity index (χ2v) is 8.02. The van der Waals surface area contributed by atoms with Crippen molar-refractivity contribution < 1.29 is 9.53 Å². The molecule has 0 radical (unpaired) electrons. The Hall–Kier alpha value is -1.99. The average molecular weight is 390 g/mol. The molecule has 0 aliphatic carbocycles. The number of aryl methyl sites for hydroxylation is 1. The molecule has 1 aliphatic heterocycles. The fraction of sp³-hybridized carbons (Fsp3) is 0.368. The molecule has 26 heavy (non-hydrogen) atoms. The lowest BCUT2D eigenvalue weighted by Crippen LogP contribution is -2.19. The standard InChI is InChI=1S/C19H23N3O2S2/c1-4-12-10-13-18(21-16(5-2)22-19(13)26-12)25-11-17(23)20-14-8-6-7-9-15(14)24-3/h6-10,18H,4-5,11H2,1-3H3,(H,20,23)(H,21,22). The van der Waals surface area contributed by atoms with Crippen LogP contribution in [0.3, 0.4) is 0 Å². The summed E-state index contributed by atoms with van der Waals surface area (Å²) in [6.45, 7) is 4.24. The van der Waals surface area contributed by atoms with Crippen LogP contribution in [0.5, 0.6) is 5.75 Å². The van der Waals surface area contributed by atoms with E-state index < -0.39 is 0 Å². The molecule has 1 amide bonds. The number of ether oxygens (including phenoxy) is 1. The van der Waals surface area contributed by atoms with E-state index in [9.17, 15) is 4.79 Å². The number of rotatable bonds is 7. The summed E-state index contributed by atoms with van der Waals surface area (Å²) < 4.78 is 5.28. The summed E-state index contributed by atoms with van der Waals surface area (Å²) in [5.41, 5.74) is 1.87. The van der Waals surface area contributed by atoms with Crippen molar-refractivity contribution in [3.8, 4) is 5.75 Å². The number of benzene rings is 1. The Labute approximate surface area is 162 Å². The van der Waals surface area contributed by atoms with Gasteiger partial charge in [-0.1, -0.05) is 26.0 Å². The molecule has 7 heteroatoms.